The molecular weight excluding hydrogens is 432 g/mol. The predicted octanol–water partition coefficient (Wildman–Crippen LogP) is 4.84. The molecule has 7 nitrogen and oxygen atoms in total. The summed E-state index contributed by atoms with van der Waals surface area (Å²) >= 11 is 0. The number of hydrogen-bond donors (Lipinski definition) is 3. The van der Waals surface area contributed by atoms with E-state index >= 15 is 0 Å². The molecule has 0 saturated heterocycles. The summed E-state index contributed by atoms with van der Waals surface area (Å²) in [5.74, 6) is -1.14. The number of amides is 2. The summed E-state index contributed by atoms with van der Waals surface area (Å²) in [7, 11) is 0. The molecule has 182 valence electrons. The van der Waals surface area contributed by atoms with Crippen molar-refractivity contribution in [2.24, 2.45) is 0 Å². The van der Waals surface area contributed by atoms with Crippen LogP contribution in [0.25, 0.3) is 11.1 Å². The number of aliphatic carboxylic acids is 1. The number of fused-ring (bicyclic) bond motifs is 3. The van der Waals surface area contributed by atoms with E-state index in [1.54, 1.807) is 0 Å². The number of carbonyl (C=O) groups excluding carboxylic acids is 2. The van der Waals surface area contributed by atoms with Crippen molar-refractivity contribution in [2.45, 2.75) is 70.4 Å². The Kier molecular flexibility index (Phi) is 9.08. The number of hydrogen-bond acceptors (Lipinski definition) is 4. The highest BCUT2D eigenvalue weighted by Crippen LogP contribution is 2.44. The Bertz CT molecular complexity index is 961. The lowest BCUT2D eigenvalue weighted by Gasteiger charge is -2.20. The number of alkyl carbamates (subject to hydrolysis) is 1. The highest BCUT2D eigenvalue weighted by Gasteiger charge is 2.29. The fourth-order valence-electron chi connectivity index (χ4n) is 4.57. The molecule has 0 bridgehead atoms. The quantitative estimate of drug-likeness (QED) is 0.415. The topological polar surface area (TPSA) is 105 Å². The Morgan fingerprint density at radius 1 is 0.912 bits per heavy atom. The first-order chi connectivity index (χ1) is 16.4. The van der Waals surface area contributed by atoms with Crippen molar-refractivity contribution in [1.82, 2.24) is 10.6 Å². The van der Waals surface area contributed by atoms with Gasteiger partial charge in [0.2, 0.25) is 5.91 Å². The van der Waals surface area contributed by atoms with Crippen LogP contribution in [0.3, 0.4) is 0 Å². The van der Waals surface area contributed by atoms with Gasteiger partial charge in [-0.2, -0.15) is 0 Å². The number of carbonyl (C=O) groups is 3. The maximum absolute atomic E-state index is 12.5. The molecule has 0 saturated carbocycles. The minimum Gasteiger partial charge on any atom is -0.481 e. The summed E-state index contributed by atoms with van der Waals surface area (Å²) in [6, 6.07) is 15.8. The summed E-state index contributed by atoms with van der Waals surface area (Å²) in [6.45, 7) is 4.13. The number of carboxylic acid groups (broad SMARTS) is 1. The molecule has 1 aliphatic rings. The van der Waals surface area contributed by atoms with Crippen LogP contribution in [0.1, 0.15) is 69.4 Å². The summed E-state index contributed by atoms with van der Waals surface area (Å²) in [4.78, 5) is 35.8. The molecule has 7 heteroatoms. The fraction of sp³-hybridized carbons (Fsp3) is 0.444. The largest absolute Gasteiger partial charge is 0.481 e. The minimum absolute atomic E-state index is 0.00580. The van der Waals surface area contributed by atoms with Crippen molar-refractivity contribution in [3.63, 3.8) is 0 Å². The normalized spacial score (nSPS) is 13.9. The molecule has 0 spiro atoms. The molecule has 0 heterocycles. The smallest absolute Gasteiger partial charge is 0.407 e. The molecule has 3 rings (SSSR count). The molecule has 0 radical (unpaired) electrons. The van der Waals surface area contributed by atoms with Crippen molar-refractivity contribution < 1.29 is 24.2 Å². The highest BCUT2D eigenvalue weighted by molar-refractivity contribution is 5.79. The standard InChI is InChI=1S/C27H34N2O5/c1-3-9-19(16-26(31)32)28-25(30)15-14-18(4-2)29-27(33)34-17-24-22-12-7-5-10-20(22)21-11-6-8-13-23(21)24/h5-8,10-13,18-19,24H,3-4,9,14-17H2,1-2H3,(H,28,30)(H,29,33)(H,31,32)/t18?,19-/m0/s1. The average Bonchev–Trinajstić information content (AvgIpc) is 3.14. The third kappa shape index (κ3) is 6.59. The zero-order valence-corrected chi connectivity index (χ0v) is 19.9. The number of ether oxygens (including phenoxy) is 1. The summed E-state index contributed by atoms with van der Waals surface area (Å²) in [5.41, 5.74) is 4.66. The summed E-state index contributed by atoms with van der Waals surface area (Å²) in [6.07, 6.45) is 2.15. The van der Waals surface area contributed by atoms with Gasteiger partial charge in [-0.1, -0.05) is 68.8 Å². The monoisotopic (exact) mass is 466 g/mol. The van der Waals surface area contributed by atoms with Crippen molar-refractivity contribution in [1.29, 1.82) is 0 Å². The number of benzene rings is 2. The molecule has 34 heavy (non-hydrogen) atoms. The van der Waals surface area contributed by atoms with Gasteiger partial charge in [0.05, 0.1) is 6.42 Å². The molecule has 2 aromatic rings. The van der Waals surface area contributed by atoms with E-state index in [9.17, 15) is 14.4 Å². The second-order valence-electron chi connectivity index (χ2n) is 8.76. The Balaban J connectivity index is 1.49. The van der Waals surface area contributed by atoms with Gasteiger partial charge in [0.1, 0.15) is 6.61 Å². The van der Waals surface area contributed by atoms with Crippen LogP contribution in [0.2, 0.25) is 0 Å². The highest BCUT2D eigenvalue weighted by atomic mass is 16.5. The van der Waals surface area contributed by atoms with E-state index in [4.69, 9.17) is 9.84 Å². The van der Waals surface area contributed by atoms with Crippen LogP contribution in [0, 0.1) is 0 Å². The van der Waals surface area contributed by atoms with Crippen LogP contribution in [0.15, 0.2) is 48.5 Å². The molecule has 2 atom stereocenters. The van der Waals surface area contributed by atoms with Gasteiger partial charge >= 0.3 is 12.1 Å². The maximum Gasteiger partial charge on any atom is 0.407 e. The van der Waals surface area contributed by atoms with Gasteiger partial charge in [-0.3, -0.25) is 9.59 Å². The molecule has 1 aliphatic carbocycles. The van der Waals surface area contributed by atoms with E-state index in [1.807, 2.05) is 38.1 Å². The third-order valence-corrected chi connectivity index (χ3v) is 6.30. The Morgan fingerprint density at radius 3 is 2.09 bits per heavy atom. The number of nitrogens with one attached hydrogen (secondary N) is 2. The van der Waals surface area contributed by atoms with Gasteiger partial charge in [-0.25, -0.2) is 4.79 Å². The van der Waals surface area contributed by atoms with Gasteiger partial charge in [0, 0.05) is 24.4 Å². The average molecular weight is 467 g/mol. The maximum atomic E-state index is 12.5. The summed E-state index contributed by atoms with van der Waals surface area (Å²) in [5, 5.41) is 14.7. The Hall–Kier alpha value is -3.35. The van der Waals surface area contributed by atoms with Gasteiger partial charge in [0.15, 0.2) is 0 Å². The van der Waals surface area contributed by atoms with Gasteiger partial charge < -0.3 is 20.5 Å². The van der Waals surface area contributed by atoms with Crippen LogP contribution in [-0.2, 0) is 14.3 Å². The van der Waals surface area contributed by atoms with Crippen LogP contribution in [0.4, 0.5) is 4.79 Å². The molecule has 1 unspecified atom stereocenters. The van der Waals surface area contributed by atoms with Crippen LogP contribution < -0.4 is 10.6 Å². The number of rotatable bonds is 12. The first kappa shape index (κ1) is 25.3. The van der Waals surface area contributed by atoms with Gasteiger partial charge in [-0.15, -0.1) is 0 Å². The molecule has 3 N–H and O–H groups in total. The van der Waals surface area contributed by atoms with Crippen molar-refractivity contribution in [3.05, 3.63) is 59.7 Å². The lowest BCUT2D eigenvalue weighted by Crippen LogP contribution is -2.39. The fourth-order valence-corrected chi connectivity index (χ4v) is 4.57. The first-order valence-electron chi connectivity index (χ1n) is 12.1. The first-order valence-corrected chi connectivity index (χ1v) is 12.1. The van der Waals surface area contributed by atoms with Gasteiger partial charge in [-0.05, 0) is 41.5 Å². The minimum atomic E-state index is -0.929. The SMILES string of the molecule is CCC[C@@H](CC(=O)O)NC(=O)CCC(CC)NC(=O)OCC1c2ccccc2-c2ccccc21. The second-order valence-corrected chi connectivity index (χ2v) is 8.76. The van der Waals surface area contributed by atoms with Crippen molar-refractivity contribution in [3.8, 4) is 11.1 Å². The van der Waals surface area contributed by atoms with Crippen LogP contribution in [-0.4, -0.2) is 41.8 Å². The molecule has 0 aromatic heterocycles. The Morgan fingerprint density at radius 2 is 1.53 bits per heavy atom. The van der Waals surface area contributed by atoms with E-state index in [2.05, 4.69) is 34.9 Å². The zero-order valence-electron chi connectivity index (χ0n) is 19.9. The molecular formula is C27H34N2O5. The lowest BCUT2D eigenvalue weighted by atomic mass is 9.98. The zero-order chi connectivity index (χ0) is 24.5. The molecule has 2 aromatic carbocycles. The van der Waals surface area contributed by atoms with Crippen LogP contribution >= 0.6 is 0 Å². The van der Waals surface area contributed by atoms with E-state index in [0.29, 0.717) is 19.3 Å². The third-order valence-electron chi connectivity index (χ3n) is 6.30. The van der Waals surface area contributed by atoms with E-state index in [-0.39, 0.29) is 43.4 Å². The predicted molar refractivity (Wildman–Crippen MR) is 131 cm³/mol. The number of carboxylic acids is 1. The van der Waals surface area contributed by atoms with E-state index in [1.165, 1.54) is 11.1 Å². The molecule has 0 fully saturated rings. The van der Waals surface area contributed by atoms with E-state index < -0.39 is 12.1 Å². The second kappa shape index (κ2) is 12.2. The Labute approximate surface area is 200 Å². The lowest BCUT2D eigenvalue weighted by molar-refractivity contribution is -0.137. The molecule has 0 aliphatic heterocycles. The van der Waals surface area contributed by atoms with Crippen LogP contribution in [0.5, 0.6) is 0 Å². The summed E-state index contributed by atoms with van der Waals surface area (Å²) < 4.78 is 5.60. The van der Waals surface area contributed by atoms with Crippen molar-refractivity contribution in [2.75, 3.05) is 6.61 Å². The van der Waals surface area contributed by atoms with E-state index in [0.717, 1.165) is 17.5 Å². The molecule has 2 amide bonds. The van der Waals surface area contributed by atoms with Crippen molar-refractivity contribution >= 4 is 18.0 Å². The van der Waals surface area contributed by atoms with Gasteiger partial charge in [0.25, 0.3) is 0 Å².